The number of carbonyl (C=O) groups is 2. The number of rotatable bonds is 1. The van der Waals surface area contributed by atoms with Crippen molar-refractivity contribution in [3.63, 3.8) is 0 Å². The molecule has 1 aromatic rings. The molecule has 0 saturated heterocycles. The highest BCUT2D eigenvalue weighted by Crippen LogP contribution is 2.18. The minimum Gasteiger partial charge on any atom is -0.290 e. The van der Waals surface area contributed by atoms with Gasteiger partial charge in [-0.15, -0.1) is 17.0 Å². The van der Waals surface area contributed by atoms with Crippen molar-refractivity contribution in [2.24, 2.45) is 0 Å². The summed E-state index contributed by atoms with van der Waals surface area (Å²) in [6, 6.07) is 9.18. The van der Waals surface area contributed by atoms with Crippen molar-refractivity contribution in [2.75, 3.05) is 0 Å². The Morgan fingerprint density at radius 2 is 1.53 bits per heavy atom. The van der Waals surface area contributed by atoms with E-state index in [1.807, 2.05) is 30.3 Å². The van der Waals surface area contributed by atoms with Crippen LogP contribution in [0.4, 0.5) is 0 Å². The highest BCUT2D eigenvalue weighted by Gasteiger charge is 2.14. The molecule has 0 unspecified atom stereocenters. The molecule has 0 fully saturated rings. The van der Waals surface area contributed by atoms with Crippen LogP contribution in [0, 0.1) is 0 Å². The Bertz CT molecular complexity index is 444. The fourth-order valence-corrected chi connectivity index (χ4v) is 1.35. The summed E-state index contributed by atoms with van der Waals surface area (Å²) < 4.78 is 0. The third-order valence-corrected chi connectivity index (χ3v) is 2.04. The van der Waals surface area contributed by atoms with Gasteiger partial charge in [0.25, 0.3) is 0 Å². The van der Waals surface area contributed by atoms with Crippen LogP contribution in [0.1, 0.15) is 5.56 Å². The Labute approximate surface area is 98.1 Å². The highest BCUT2D eigenvalue weighted by atomic mass is 79.9. The lowest BCUT2D eigenvalue weighted by molar-refractivity contribution is -0.113. The fourth-order valence-electron chi connectivity index (χ4n) is 1.35. The first-order valence-corrected chi connectivity index (χ1v) is 4.31. The summed E-state index contributed by atoms with van der Waals surface area (Å²) >= 11 is 0. The predicted molar refractivity (Wildman–Crippen MR) is 63.9 cm³/mol. The largest absolute Gasteiger partial charge is 0.290 e. The van der Waals surface area contributed by atoms with Gasteiger partial charge >= 0.3 is 0 Å². The molecule has 15 heavy (non-hydrogen) atoms. The number of ketones is 2. The molecule has 0 spiro atoms. The number of benzene rings is 1. The summed E-state index contributed by atoms with van der Waals surface area (Å²) in [4.78, 5) is 22.5. The topological polar surface area (TPSA) is 34.1 Å². The van der Waals surface area contributed by atoms with Gasteiger partial charge in [0, 0.05) is 5.57 Å². The van der Waals surface area contributed by atoms with Crippen molar-refractivity contribution in [2.45, 2.75) is 0 Å². The van der Waals surface area contributed by atoms with Gasteiger partial charge in [-0.2, -0.15) is 0 Å². The normalized spacial score (nSPS) is 14.5. The molecule has 0 atom stereocenters. The van der Waals surface area contributed by atoms with E-state index >= 15 is 0 Å². The highest BCUT2D eigenvalue weighted by molar-refractivity contribution is 8.93. The number of halogens is 1. The third-order valence-electron chi connectivity index (χ3n) is 2.04. The van der Waals surface area contributed by atoms with Crippen LogP contribution in [0.2, 0.25) is 0 Å². The molecular weight excluding hydrogens is 256 g/mol. The Morgan fingerprint density at radius 3 is 2.20 bits per heavy atom. The molecule has 0 N–H and O–H groups in total. The van der Waals surface area contributed by atoms with Gasteiger partial charge < -0.3 is 0 Å². The Hall–Kier alpha value is -1.48. The molecule has 0 aromatic heterocycles. The quantitative estimate of drug-likeness (QED) is 0.730. The van der Waals surface area contributed by atoms with E-state index in [0.717, 1.165) is 5.56 Å². The minimum absolute atomic E-state index is 0. The molecule has 0 amide bonds. The van der Waals surface area contributed by atoms with E-state index in [4.69, 9.17) is 0 Å². The van der Waals surface area contributed by atoms with Gasteiger partial charge in [-0.3, -0.25) is 9.59 Å². The number of allylic oxidation sites excluding steroid dienone is 4. The van der Waals surface area contributed by atoms with Crippen LogP contribution in [0.15, 0.2) is 48.6 Å². The average molecular weight is 265 g/mol. The maximum Gasteiger partial charge on any atom is 0.186 e. The van der Waals surface area contributed by atoms with E-state index < -0.39 is 0 Å². The Kier molecular flexibility index (Phi) is 3.74. The number of hydrogen-bond donors (Lipinski definition) is 0. The molecule has 76 valence electrons. The maximum absolute atomic E-state index is 11.4. The summed E-state index contributed by atoms with van der Waals surface area (Å²) in [5, 5.41) is 0. The van der Waals surface area contributed by atoms with Crippen molar-refractivity contribution in [1.29, 1.82) is 0 Å². The van der Waals surface area contributed by atoms with E-state index in [1.54, 1.807) is 0 Å². The second-order valence-corrected chi connectivity index (χ2v) is 3.02. The van der Waals surface area contributed by atoms with Crippen LogP contribution in [0.3, 0.4) is 0 Å². The molecule has 0 radical (unpaired) electrons. The van der Waals surface area contributed by atoms with E-state index in [2.05, 4.69) is 0 Å². The van der Waals surface area contributed by atoms with Gasteiger partial charge in [0.15, 0.2) is 11.6 Å². The van der Waals surface area contributed by atoms with Gasteiger partial charge in [-0.05, 0) is 23.8 Å². The van der Waals surface area contributed by atoms with E-state index in [1.165, 1.54) is 18.2 Å². The van der Waals surface area contributed by atoms with Gasteiger partial charge in [-0.25, -0.2) is 0 Å². The lowest BCUT2D eigenvalue weighted by Crippen LogP contribution is -2.06. The van der Waals surface area contributed by atoms with Crippen LogP contribution >= 0.6 is 17.0 Å². The van der Waals surface area contributed by atoms with Crippen molar-refractivity contribution < 1.29 is 9.59 Å². The molecule has 0 bridgehead atoms. The van der Waals surface area contributed by atoms with Gasteiger partial charge in [0.2, 0.25) is 0 Å². The summed E-state index contributed by atoms with van der Waals surface area (Å²) in [6.07, 6.45) is 3.97. The van der Waals surface area contributed by atoms with Gasteiger partial charge in [-0.1, -0.05) is 30.3 Å². The molecule has 2 rings (SSSR count). The average Bonchev–Trinajstić information content (AvgIpc) is 2.23. The monoisotopic (exact) mass is 264 g/mol. The van der Waals surface area contributed by atoms with Crippen LogP contribution in [0.5, 0.6) is 0 Å². The van der Waals surface area contributed by atoms with Gasteiger partial charge in [0.05, 0.1) is 0 Å². The smallest absolute Gasteiger partial charge is 0.186 e. The summed E-state index contributed by atoms with van der Waals surface area (Å²) in [5.41, 5.74) is 1.26. The van der Waals surface area contributed by atoms with E-state index in [9.17, 15) is 9.59 Å². The summed E-state index contributed by atoms with van der Waals surface area (Å²) in [7, 11) is 0. The fraction of sp³-hybridized carbons (Fsp3) is 0. The first-order valence-electron chi connectivity index (χ1n) is 4.31. The first kappa shape index (κ1) is 11.6. The zero-order valence-corrected chi connectivity index (χ0v) is 9.56. The van der Waals surface area contributed by atoms with Crippen molar-refractivity contribution >= 4 is 34.1 Å². The van der Waals surface area contributed by atoms with Crippen molar-refractivity contribution in [3.05, 3.63) is 54.1 Å². The molecule has 1 aliphatic rings. The molecule has 0 saturated carbocycles. The minimum atomic E-state index is -0.136. The van der Waals surface area contributed by atoms with Crippen molar-refractivity contribution in [1.82, 2.24) is 0 Å². The molecule has 0 heterocycles. The predicted octanol–water partition coefficient (Wildman–Crippen LogP) is 2.36. The zero-order valence-electron chi connectivity index (χ0n) is 7.84. The molecule has 1 aromatic carbocycles. The second-order valence-electron chi connectivity index (χ2n) is 3.02. The SMILES string of the molecule is Br.O=C1C=CC(=O)C(c2ccccc2)=C1. The van der Waals surface area contributed by atoms with Crippen LogP contribution < -0.4 is 0 Å². The van der Waals surface area contributed by atoms with Gasteiger partial charge in [0.1, 0.15) is 0 Å². The lowest BCUT2D eigenvalue weighted by Gasteiger charge is -2.05. The van der Waals surface area contributed by atoms with E-state index in [-0.39, 0.29) is 28.5 Å². The van der Waals surface area contributed by atoms with Crippen LogP contribution in [0.25, 0.3) is 5.57 Å². The number of carbonyl (C=O) groups excluding carboxylic acids is 2. The van der Waals surface area contributed by atoms with E-state index in [0.29, 0.717) is 5.57 Å². The molecule has 0 aliphatic heterocycles. The maximum atomic E-state index is 11.4. The lowest BCUT2D eigenvalue weighted by atomic mass is 9.97. The second kappa shape index (κ2) is 4.84. The Balaban J connectivity index is 0.00000112. The summed E-state index contributed by atoms with van der Waals surface area (Å²) in [6.45, 7) is 0. The van der Waals surface area contributed by atoms with Crippen LogP contribution in [-0.2, 0) is 9.59 Å². The summed E-state index contributed by atoms with van der Waals surface area (Å²) in [5.74, 6) is -0.251. The number of hydrogen-bond acceptors (Lipinski definition) is 2. The zero-order chi connectivity index (χ0) is 9.97. The standard InChI is InChI=1S/C12H8O2.BrH/c13-10-6-7-12(14)11(8-10)9-4-2-1-3-5-9;/h1-8H;1H. The molecule has 1 aliphatic carbocycles. The van der Waals surface area contributed by atoms with Crippen LogP contribution in [-0.4, -0.2) is 11.6 Å². The Morgan fingerprint density at radius 1 is 0.867 bits per heavy atom. The molecular formula is C12H9BrO2. The first-order chi connectivity index (χ1) is 6.77. The molecule has 3 heteroatoms. The van der Waals surface area contributed by atoms with Crippen molar-refractivity contribution in [3.8, 4) is 0 Å². The third kappa shape index (κ3) is 2.50. The molecule has 2 nitrogen and oxygen atoms in total.